The smallest absolute Gasteiger partial charge is 0.245 e. The van der Waals surface area contributed by atoms with E-state index in [0.29, 0.717) is 19.8 Å². The SMILES string of the molecule is CSNCCOCCOCC(=O)NCCCCCCCC(C)C. The first-order valence-corrected chi connectivity index (χ1v) is 10.1. The van der Waals surface area contributed by atoms with Gasteiger partial charge in [-0.1, -0.05) is 57.9 Å². The Morgan fingerprint density at radius 2 is 1.65 bits per heavy atom. The Morgan fingerprint density at radius 3 is 2.39 bits per heavy atom. The topological polar surface area (TPSA) is 59.6 Å². The van der Waals surface area contributed by atoms with Gasteiger partial charge < -0.3 is 14.8 Å². The molecule has 0 rings (SSSR count). The van der Waals surface area contributed by atoms with Crippen LogP contribution in [0, 0.1) is 5.92 Å². The summed E-state index contributed by atoms with van der Waals surface area (Å²) in [5.41, 5.74) is 0. The second kappa shape index (κ2) is 18.0. The predicted octanol–water partition coefficient (Wildman–Crippen LogP) is 3.00. The number of hydrogen-bond donors (Lipinski definition) is 2. The van der Waals surface area contributed by atoms with Crippen molar-refractivity contribution in [2.45, 2.75) is 52.4 Å². The van der Waals surface area contributed by atoms with Gasteiger partial charge in [-0.2, -0.15) is 0 Å². The molecule has 0 aromatic rings. The highest BCUT2D eigenvalue weighted by molar-refractivity contribution is 7.96. The van der Waals surface area contributed by atoms with E-state index in [1.165, 1.54) is 32.1 Å². The van der Waals surface area contributed by atoms with Crippen molar-refractivity contribution in [1.82, 2.24) is 10.0 Å². The Bertz CT molecular complexity index is 266. The van der Waals surface area contributed by atoms with Crippen molar-refractivity contribution in [2.24, 2.45) is 5.92 Å². The van der Waals surface area contributed by atoms with E-state index in [1.807, 2.05) is 6.26 Å². The summed E-state index contributed by atoms with van der Waals surface area (Å²) in [6.45, 7) is 7.89. The summed E-state index contributed by atoms with van der Waals surface area (Å²) in [5, 5.41) is 2.89. The number of carbonyl (C=O) groups is 1. The highest BCUT2D eigenvalue weighted by Gasteiger charge is 2.00. The maximum absolute atomic E-state index is 11.5. The van der Waals surface area contributed by atoms with Gasteiger partial charge in [-0.3, -0.25) is 9.52 Å². The second-order valence-corrected chi connectivity index (χ2v) is 6.76. The average molecular weight is 349 g/mol. The molecular formula is C17H36N2O3S. The molecule has 23 heavy (non-hydrogen) atoms. The van der Waals surface area contributed by atoms with E-state index in [0.717, 1.165) is 25.4 Å². The zero-order valence-corrected chi connectivity index (χ0v) is 16.0. The largest absolute Gasteiger partial charge is 0.378 e. The summed E-state index contributed by atoms with van der Waals surface area (Å²) < 4.78 is 13.7. The molecule has 0 fully saturated rings. The van der Waals surface area contributed by atoms with Crippen LogP contribution in [0.15, 0.2) is 0 Å². The van der Waals surface area contributed by atoms with Gasteiger partial charge in [0.15, 0.2) is 0 Å². The molecule has 5 nitrogen and oxygen atoms in total. The zero-order chi connectivity index (χ0) is 17.2. The van der Waals surface area contributed by atoms with Crippen LogP contribution in [0.1, 0.15) is 52.4 Å². The normalized spacial score (nSPS) is 11.1. The molecule has 6 heteroatoms. The molecule has 0 aromatic heterocycles. The van der Waals surface area contributed by atoms with Gasteiger partial charge in [-0.25, -0.2) is 0 Å². The number of rotatable bonds is 17. The van der Waals surface area contributed by atoms with Gasteiger partial charge in [-0.05, 0) is 18.6 Å². The third-order valence-corrected chi connectivity index (χ3v) is 3.87. The van der Waals surface area contributed by atoms with Crippen LogP contribution in [0.4, 0.5) is 0 Å². The number of nitrogens with one attached hydrogen (secondary N) is 2. The van der Waals surface area contributed by atoms with Crippen molar-refractivity contribution in [3.8, 4) is 0 Å². The van der Waals surface area contributed by atoms with E-state index < -0.39 is 0 Å². The molecule has 0 bridgehead atoms. The van der Waals surface area contributed by atoms with Gasteiger partial charge in [0.2, 0.25) is 5.91 Å². The molecule has 0 heterocycles. The van der Waals surface area contributed by atoms with Crippen LogP contribution >= 0.6 is 11.9 Å². The summed E-state index contributed by atoms with van der Waals surface area (Å²) in [4.78, 5) is 11.5. The molecule has 1 amide bonds. The van der Waals surface area contributed by atoms with Gasteiger partial charge in [-0.15, -0.1) is 0 Å². The number of carbonyl (C=O) groups excluding carboxylic acids is 1. The van der Waals surface area contributed by atoms with Crippen LogP contribution < -0.4 is 10.0 Å². The Balaban J connectivity index is 3.16. The molecule has 0 spiro atoms. The molecule has 0 saturated heterocycles. The van der Waals surface area contributed by atoms with Crippen molar-refractivity contribution in [1.29, 1.82) is 0 Å². The van der Waals surface area contributed by atoms with Crippen LogP contribution in [0.3, 0.4) is 0 Å². The highest BCUT2D eigenvalue weighted by atomic mass is 32.2. The summed E-state index contributed by atoms with van der Waals surface area (Å²) in [6, 6.07) is 0. The molecule has 2 N–H and O–H groups in total. The molecule has 0 radical (unpaired) electrons. The van der Waals surface area contributed by atoms with Gasteiger partial charge in [0.25, 0.3) is 0 Å². The van der Waals surface area contributed by atoms with E-state index in [-0.39, 0.29) is 12.5 Å². The predicted molar refractivity (Wildman–Crippen MR) is 98.7 cm³/mol. The lowest BCUT2D eigenvalue weighted by molar-refractivity contribution is -0.126. The fourth-order valence-electron chi connectivity index (χ4n) is 2.09. The molecule has 0 atom stereocenters. The third-order valence-electron chi connectivity index (χ3n) is 3.38. The molecule has 0 aliphatic carbocycles. The van der Waals surface area contributed by atoms with Crippen LogP contribution in [0.2, 0.25) is 0 Å². The quantitative estimate of drug-likeness (QED) is 0.313. The third kappa shape index (κ3) is 19.7. The number of amides is 1. The van der Waals surface area contributed by atoms with Crippen molar-refractivity contribution in [3.63, 3.8) is 0 Å². The summed E-state index contributed by atoms with van der Waals surface area (Å²) >= 11 is 1.58. The Morgan fingerprint density at radius 1 is 0.957 bits per heavy atom. The first kappa shape index (κ1) is 22.7. The Kier molecular flexibility index (Phi) is 17.8. The minimum absolute atomic E-state index is 0.0335. The molecule has 0 aromatic carbocycles. The van der Waals surface area contributed by atoms with Gasteiger partial charge >= 0.3 is 0 Å². The molecule has 0 saturated carbocycles. The van der Waals surface area contributed by atoms with E-state index in [9.17, 15) is 4.79 Å². The lowest BCUT2D eigenvalue weighted by atomic mass is 10.0. The van der Waals surface area contributed by atoms with Crippen LogP contribution in [0.5, 0.6) is 0 Å². The molecular weight excluding hydrogens is 312 g/mol. The average Bonchev–Trinajstić information content (AvgIpc) is 2.52. The molecule has 0 aliphatic heterocycles. The van der Waals surface area contributed by atoms with E-state index >= 15 is 0 Å². The van der Waals surface area contributed by atoms with Crippen molar-refractivity contribution < 1.29 is 14.3 Å². The number of unbranched alkanes of at least 4 members (excludes halogenated alkanes) is 4. The first-order chi connectivity index (χ1) is 11.2. The van der Waals surface area contributed by atoms with Crippen molar-refractivity contribution in [3.05, 3.63) is 0 Å². The summed E-state index contributed by atoms with van der Waals surface area (Å²) in [6.07, 6.45) is 9.45. The summed E-state index contributed by atoms with van der Waals surface area (Å²) in [5.74, 6) is 0.778. The fraction of sp³-hybridized carbons (Fsp3) is 0.941. The fourth-order valence-corrected chi connectivity index (χ4v) is 2.37. The lowest BCUT2D eigenvalue weighted by Gasteiger charge is -2.07. The second-order valence-electron chi connectivity index (χ2n) is 6.06. The first-order valence-electron chi connectivity index (χ1n) is 8.84. The molecule has 0 unspecified atom stereocenters. The summed E-state index contributed by atoms with van der Waals surface area (Å²) in [7, 11) is 0. The molecule has 0 aliphatic rings. The van der Waals surface area contributed by atoms with Crippen LogP contribution in [0.25, 0.3) is 0 Å². The minimum Gasteiger partial charge on any atom is -0.378 e. The van der Waals surface area contributed by atoms with Crippen LogP contribution in [-0.2, 0) is 14.3 Å². The van der Waals surface area contributed by atoms with Crippen molar-refractivity contribution >= 4 is 17.9 Å². The Hall–Kier alpha value is -0.300. The van der Waals surface area contributed by atoms with E-state index in [2.05, 4.69) is 23.9 Å². The Labute approximate surface area is 146 Å². The lowest BCUT2D eigenvalue weighted by Crippen LogP contribution is -2.29. The standard InChI is InChI=1S/C17H36N2O3S/c1-16(2)9-7-5-4-6-8-10-18-17(20)15-22-14-13-21-12-11-19-23-3/h16,19H,4-15H2,1-3H3,(H,18,20). The van der Waals surface area contributed by atoms with Crippen LogP contribution in [-0.4, -0.2) is 51.7 Å². The minimum atomic E-state index is -0.0335. The maximum Gasteiger partial charge on any atom is 0.245 e. The van der Waals surface area contributed by atoms with E-state index in [4.69, 9.17) is 9.47 Å². The number of ether oxygens (including phenoxy) is 2. The molecule has 138 valence electrons. The van der Waals surface area contributed by atoms with Gasteiger partial charge in [0.1, 0.15) is 6.61 Å². The maximum atomic E-state index is 11.5. The number of hydrogen-bond acceptors (Lipinski definition) is 5. The van der Waals surface area contributed by atoms with E-state index in [1.54, 1.807) is 11.9 Å². The monoisotopic (exact) mass is 348 g/mol. The zero-order valence-electron chi connectivity index (χ0n) is 15.2. The van der Waals surface area contributed by atoms with Gasteiger partial charge in [0, 0.05) is 13.1 Å². The van der Waals surface area contributed by atoms with Crippen molar-refractivity contribution in [2.75, 3.05) is 45.8 Å². The highest BCUT2D eigenvalue weighted by Crippen LogP contribution is 2.10. The van der Waals surface area contributed by atoms with Gasteiger partial charge in [0.05, 0.1) is 19.8 Å².